The fourth-order valence-electron chi connectivity index (χ4n) is 1.60. The molecule has 1 aromatic heterocycles. The summed E-state index contributed by atoms with van der Waals surface area (Å²) < 4.78 is 5.52. The van der Waals surface area contributed by atoms with Crippen LogP contribution in [-0.2, 0) is 0 Å². The smallest absolute Gasteiger partial charge is 0.335 e. The highest BCUT2D eigenvalue weighted by Gasteiger charge is 2.29. The van der Waals surface area contributed by atoms with Crippen LogP contribution in [0.4, 0.5) is 0 Å². The molecule has 0 unspecified atom stereocenters. The highest BCUT2D eigenvalue weighted by Crippen LogP contribution is 2.39. The van der Waals surface area contributed by atoms with Crippen LogP contribution in [0.3, 0.4) is 0 Å². The number of hydrogen-bond donors (Lipinski definition) is 1. The normalized spacial score (nSPS) is 14.8. The van der Waals surface area contributed by atoms with Crippen LogP contribution < -0.4 is 0 Å². The first-order valence-electron chi connectivity index (χ1n) is 5.41. The number of nitrogens with zero attached hydrogens (tertiary/aromatic N) is 2. The van der Waals surface area contributed by atoms with Crippen LogP contribution >= 0.6 is 0 Å². The number of benzene rings is 1. The van der Waals surface area contributed by atoms with Crippen molar-refractivity contribution in [1.29, 1.82) is 0 Å². The van der Waals surface area contributed by atoms with Gasteiger partial charge in [0.25, 0.3) is 0 Å². The molecule has 0 spiro atoms. The Bertz CT molecular complexity index is 555. The van der Waals surface area contributed by atoms with Gasteiger partial charge < -0.3 is 9.52 Å². The Labute approximate surface area is 97.1 Å². The van der Waals surface area contributed by atoms with E-state index in [9.17, 15) is 4.79 Å². The quantitative estimate of drug-likeness (QED) is 0.875. The van der Waals surface area contributed by atoms with E-state index in [1.54, 1.807) is 12.1 Å². The minimum atomic E-state index is -0.944. The van der Waals surface area contributed by atoms with Crippen LogP contribution in [0.1, 0.15) is 35.0 Å². The first-order valence-corrected chi connectivity index (χ1v) is 5.41. The second-order valence-corrected chi connectivity index (χ2v) is 4.10. The number of hydrogen-bond acceptors (Lipinski definition) is 4. The maximum absolute atomic E-state index is 10.7. The lowest BCUT2D eigenvalue weighted by atomic mass is 10.1. The van der Waals surface area contributed by atoms with Crippen molar-refractivity contribution in [3.05, 3.63) is 35.7 Å². The standard InChI is InChI=1S/C12H10N2O3/c15-12(16)9-5-3-8(4-6-9)11-14-13-10(17-11)7-1-2-7/h3-7H,1-2H2,(H,15,16). The molecule has 5 nitrogen and oxygen atoms in total. The molecule has 2 aromatic rings. The van der Waals surface area contributed by atoms with Crippen molar-refractivity contribution < 1.29 is 14.3 Å². The third kappa shape index (κ3) is 1.91. The summed E-state index contributed by atoms with van der Waals surface area (Å²) in [7, 11) is 0. The van der Waals surface area contributed by atoms with Crippen molar-refractivity contribution in [3.8, 4) is 11.5 Å². The molecular weight excluding hydrogens is 220 g/mol. The van der Waals surface area contributed by atoms with Gasteiger partial charge in [-0.3, -0.25) is 0 Å². The molecule has 1 aliphatic carbocycles. The zero-order valence-corrected chi connectivity index (χ0v) is 8.96. The summed E-state index contributed by atoms with van der Waals surface area (Å²) in [5, 5.41) is 16.7. The number of aromatic carboxylic acids is 1. The molecule has 0 amide bonds. The zero-order chi connectivity index (χ0) is 11.8. The Balaban J connectivity index is 1.89. The van der Waals surface area contributed by atoms with Crippen LogP contribution in [0.25, 0.3) is 11.5 Å². The molecule has 1 aromatic carbocycles. The van der Waals surface area contributed by atoms with Crippen molar-refractivity contribution >= 4 is 5.97 Å². The molecule has 1 heterocycles. The van der Waals surface area contributed by atoms with Gasteiger partial charge in [-0.2, -0.15) is 0 Å². The Morgan fingerprint density at radius 1 is 1.24 bits per heavy atom. The molecule has 0 saturated heterocycles. The predicted molar refractivity (Wildman–Crippen MR) is 58.7 cm³/mol. The Kier molecular flexibility index (Phi) is 2.18. The van der Waals surface area contributed by atoms with Crippen molar-refractivity contribution in [3.63, 3.8) is 0 Å². The van der Waals surface area contributed by atoms with E-state index in [4.69, 9.17) is 9.52 Å². The third-order valence-electron chi connectivity index (χ3n) is 2.75. The van der Waals surface area contributed by atoms with E-state index >= 15 is 0 Å². The zero-order valence-electron chi connectivity index (χ0n) is 8.96. The lowest BCUT2D eigenvalue weighted by Gasteiger charge is -1.96. The van der Waals surface area contributed by atoms with Gasteiger partial charge in [-0.25, -0.2) is 4.79 Å². The number of aromatic nitrogens is 2. The van der Waals surface area contributed by atoms with E-state index in [2.05, 4.69) is 10.2 Å². The molecule has 0 aliphatic heterocycles. The lowest BCUT2D eigenvalue weighted by molar-refractivity contribution is 0.0697. The number of carbonyl (C=O) groups is 1. The number of carboxylic acids is 1. The molecule has 86 valence electrons. The second-order valence-electron chi connectivity index (χ2n) is 4.10. The SMILES string of the molecule is O=C(O)c1ccc(-c2nnc(C3CC3)o2)cc1. The third-order valence-corrected chi connectivity index (χ3v) is 2.75. The Hall–Kier alpha value is -2.17. The summed E-state index contributed by atoms with van der Waals surface area (Å²) in [6, 6.07) is 6.40. The fourth-order valence-corrected chi connectivity index (χ4v) is 1.60. The largest absolute Gasteiger partial charge is 0.478 e. The van der Waals surface area contributed by atoms with Crippen molar-refractivity contribution in [2.24, 2.45) is 0 Å². The van der Waals surface area contributed by atoms with E-state index in [-0.39, 0.29) is 5.56 Å². The van der Waals surface area contributed by atoms with Crippen molar-refractivity contribution in [1.82, 2.24) is 10.2 Å². The highest BCUT2D eigenvalue weighted by molar-refractivity contribution is 5.88. The molecule has 5 heteroatoms. The predicted octanol–water partition coefficient (Wildman–Crippen LogP) is 2.31. The van der Waals surface area contributed by atoms with Gasteiger partial charge in [-0.15, -0.1) is 10.2 Å². The molecular formula is C12H10N2O3. The monoisotopic (exact) mass is 230 g/mol. The van der Waals surface area contributed by atoms with Gasteiger partial charge in [0.1, 0.15) is 0 Å². The first kappa shape index (κ1) is 10.0. The van der Waals surface area contributed by atoms with Gasteiger partial charge in [-0.1, -0.05) is 0 Å². The molecule has 0 bridgehead atoms. The van der Waals surface area contributed by atoms with E-state index in [0.717, 1.165) is 18.4 Å². The van der Waals surface area contributed by atoms with Crippen molar-refractivity contribution in [2.75, 3.05) is 0 Å². The summed E-state index contributed by atoms with van der Waals surface area (Å²) in [5.74, 6) is 0.612. The maximum atomic E-state index is 10.7. The highest BCUT2D eigenvalue weighted by atomic mass is 16.4. The molecule has 0 radical (unpaired) electrons. The molecule has 1 fully saturated rings. The minimum absolute atomic E-state index is 0.246. The average Bonchev–Trinajstić information content (AvgIpc) is 3.07. The molecule has 0 atom stereocenters. The molecule has 1 saturated carbocycles. The lowest BCUT2D eigenvalue weighted by Crippen LogP contribution is -1.94. The number of rotatable bonds is 3. The van der Waals surface area contributed by atoms with E-state index < -0.39 is 5.97 Å². The maximum Gasteiger partial charge on any atom is 0.335 e. The van der Waals surface area contributed by atoms with Crippen LogP contribution in [0.2, 0.25) is 0 Å². The van der Waals surface area contributed by atoms with E-state index in [1.807, 2.05) is 0 Å². The Morgan fingerprint density at radius 2 is 1.94 bits per heavy atom. The van der Waals surface area contributed by atoms with E-state index in [1.165, 1.54) is 12.1 Å². The molecule has 17 heavy (non-hydrogen) atoms. The summed E-state index contributed by atoms with van der Waals surface area (Å²) in [6.45, 7) is 0. The van der Waals surface area contributed by atoms with Gasteiger partial charge in [0.2, 0.25) is 11.8 Å². The summed E-state index contributed by atoms with van der Waals surface area (Å²) in [6.07, 6.45) is 2.22. The van der Waals surface area contributed by atoms with Crippen LogP contribution in [0.5, 0.6) is 0 Å². The Morgan fingerprint density at radius 3 is 2.53 bits per heavy atom. The average molecular weight is 230 g/mol. The van der Waals surface area contributed by atoms with Gasteiger partial charge in [-0.05, 0) is 37.1 Å². The topological polar surface area (TPSA) is 76.2 Å². The van der Waals surface area contributed by atoms with Crippen LogP contribution in [-0.4, -0.2) is 21.3 Å². The summed E-state index contributed by atoms with van der Waals surface area (Å²) >= 11 is 0. The molecule has 1 N–H and O–H groups in total. The van der Waals surface area contributed by atoms with Gasteiger partial charge >= 0.3 is 5.97 Å². The summed E-state index contributed by atoms with van der Waals surface area (Å²) in [5.41, 5.74) is 0.991. The first-order chi connectivity index (χ1) is 8.24. The van der Waals surface area contributed by atoms with Gasteiger partial charge in [0.05, 0.1) is 5.56 Å². The second kappa shape index (κ2) is 3.69. The van der Waals surface area contributed by atoms with Gasteiger partial charge in [0.15, 0.2) is 0 Å². The van der Waals surface area contributed by atoms with Gasteiger partial charge in [0, 0.05) is 11.5 Å². The fraction of sp³-hybridized carbons (Fsp3) is 0.250. The molecule has 3 rings (SSSR count). The van der Waals surface area contributed by atoms with Crippen LogP contribution in [0, 0.1) is 0 Å². The number of carboxylic acid groups (broad SMARTS) is 1. The summed E-state index contributed by atoms with van der Waals surface area (Å²) in [4.78, 5) is 10.7. The van der Waals surface area contributed by atoms with Crippen LogP contribution in [0.15, 0.2) is 28.7 Å². The van der Waals surface area contributed by atoms with Crippen molar-refractivity contribution in [2.45, 2.75) is 18.8 Å². The van der Waals surface area contributed by atoms with E-state index in [0.29, 0.717) is 17.7 Å². The molecule has 1 aliphatic rings. The minimum Gasteiger partial charge on any atom is -0.478 e.